The van der Waals surface area contributed by atoms with Gasteiger partial charge in [0.1, 0.15) is 5.82 Å². The molecule has 0 aliphatic carbocycles. The second-order valence-electron chi connectivity index (χ2n) is 3.93. The van der Waals surface area contributed by atoms with Gasteiger partial charge in [0.25, 0.3) is 0 Å². The molecule has 0 amide bonds. The molecule has 84 valence electrons. The van der Waals surface area contributed by atoms with Gasteiger partial charge in [0.15, 0.2) is 0 Å². The average Bonchev–Trinajstić information content (AvgIpc) is 2.20. The Morgan fingerprint density at radius 1 is 1.25 bits per heavy atom. The predicted octanol–water partition coefficient (Wildman–Crippen LogP) is 2.08. The minimum absolute atomic E-state index is 0.0616. The number of cyclic esters (lactones) is 2. The lowest BCUT2D eigenvalue weighted by atomic mass is 9.90. The van der Waals surface area contributed by atoms with Crippen molar-refractivity contribution in [3.05, 3.63) is 35.1 Å². The second-order valence-corrected chi connectivity index (χ2v) is 3.93. The molecule has 0 saturated carbocycles. The van der Waals surface area contributed by atoms with E-state index in [4.69, 9.17) is 0 Å². The van der Waals surface area contributed by atoms with E-state index >= 15 is 0 Å². The molecular formula is C12H11FO3. The highest BCUT2D eigenvalue weighted by Gasteiger charge is 2.30. The van der Waals surface area contributed by atoms with Gasteiger partial charge in [0.05, 0.1) is 12.8 Å². The molecule has 0 unspecified atom stereocenters. The Morgan fingerprint density at radius 2 is 1.88 bits per heavy atom. The monoisotopic (exact) mass is 222 g/mol. The zero-order valence-electron chi connectivity index (χ0n) is 8.83. The van der Waals surface area contributed by atoms with Crippen LogP contribution in [0.1, 0.15) is 29.9 Å². The molecule has 4 heteroatoms. The number of halogens is 1. The number of rotatable bonds is 1. The number of benzene rings is 1. The smallest absolute Gasteiger partial charge is 0.314 e. The number of aryl methyl sites for hydroxylation is 1. The molecular weight excluding hydrogens is 211 g/mol. The van der Waals surface area contributed by atoms with Crippen LogP contribution < -0.4 is 0 Å². The molecule has 1 aromatic rings. The molecule has 1 aliphatic rings. The lowest BCUT2D eigenvalue weighted by Gasteiger charge is -2.20. The summed E-state index contributed by atoms with van der Waals surface area (Å²) in [6.07, 6.45) is 0.123. The Balaban J connectivity index is 2.33. The standard InChI is InChI=1S/C12H11FO3/c1-7-3-2-4-9(12(7)13)8-5-10(14)16-11(15)6-8/h2-4,8H,5-6H2,1H3. The van der Waals surface area contributed by atoms with Crippen LogP contribution in [0.5, 0.6) is 0 Å². The normalized spacial score (nSPS) is 17.4. The average molecular weight is 222 g/mol. The van der Waals surface area contributed by atoms with Gasteiger partial charge in [-0.25, -0.2) is 4.39 Å². The molecule has 3 nitrogen and oxygen atoms in total. The number of carbonyl (C=O) groups excluding carboxylic acids is 2. The van der Waals surface area contributed by atoms with Gasteiger partial charge in [-0.3, -0.25) is 9.59 Å². The molecule has 0 spiro atoms. The van der Waals surface area contributed by atoms with Gasteiger partial charge in [0.2, 0.25) is 0 Å². The fourth-order valence-electron chi connectivity index (χ4n) is 1.89. The van der Waals surface area contributed by atoms with E-state index in [0.717, 1.165) is 0 Å². The Labute approximate surface area is 92.2 Å². The predicted molar refractivity (Wildman–Crippen MR) is 54.2 cm³/mol. The minimum atomic E-state index is -0.581. The molecule has 1 aliphatic heterocycles. The van der Waals surface area contributed by atoms with E-state index in [-0.39, 0.29) is 18.7 Å². The van der Waals surface area contributed by atoms with Gasteiger partial charge in [0, 0.05) is 5.92 Å². The van der Waals surface area contributed by atoms with Crippen molar-refractivity contribution >= 4 is 11.9 Å². The van der Waals surface area contributed by atoms with E-state index in [1.165, 1.54) is 0 Å². The molecule has 0 N–H and O–H groups in total. The van der Waals surface area contributed by atoms with Crippen LogP contribution >= 0.6 is 0 Å². The van der Waals surface area contributed by atoms with Gasteiger partial charge in [-0.15, -0.1) is 0 Å². The third kappa shape index (κ3) is 1.96. The molecule has 1 aromatic carbocycles. The van der Waals surface area contributed by atoms with E-state index in [1.807, 2.05) is 0 Å². The molecule has 0 atom stereocenters. The van der Waals surface area contributed by atoms with Crippen molar-refractivity contribution in [2.75, 3.05) is 0 Å². The van der Waals surface area contributed by atoms with E-state index in [2.05, 4.69) is 4.74 Å². The SMILES string of the molecule is Cc1cccc(C2CC(=O)OC(=O)C2)c1F. The highest BCUT2D eigenvalue weighted by molar-refractivity contribution is 5.89. The van der Waals surface area contributed by atoms with Crippen LogP contribution in [-0.4, -0.2) is 11.9 Å². The zero-order valence-corrected chi connectivity index (χ0v) is 8.83. The Kier molecular flexibility index (Phi) is 2.73. The first-order valence-corrected chi connectivity index (χ1v) is 5.06. The van der Waals surface area contributed by atoms with Crippen LogP contribution in [-0.2, 0) is 14.3 Å². The zero-order chi connectivity index (χ0) is 11.7. The van der Waals surface area contributed by atoms with E-state index in [0.29, 0.717) is 11.1 Å². The van der Waals surface area contributed by atoms with Crippen molar-refractivity contribution in [3.8, 4) is 0 Å². The van der Waals surface area contributed by atoms with Crippen molar-refractivity contribution in [2.24, 2.45) is 0 Å². The van der Waals surface area contributed by atoms with Crippen molar-refractivity contribution in [3.63, 3.8) is 0 Å². The summed E-state index contributed by atoms with van der Waals surface area (Å²) in [7, 11) is 0. The highest BCUT2D eigenvalue weighted by atomic mass is 19.1. The lowest BCUT2D eigenvalue weighted by Crippen LogP contribution is -2.24. The van der Waals surface area contributed by atoms with Crippen LogP contribution in [0.25, 0.3) is 0 Å². The maximum absolute atomic E-state index is 13.8. The van der Waals surface area contributed by atoms with Crippen molar-refractivity contribution in [1.82, 2.24) is 0 Å². The van der Waals surface area contributed by atoms with Gasteiger partial charge in [-0.05, 0) is 18.1 Å². The van der Waals surface area contributed by atoms with Gasteiger partial charge >= 0.3 is 11.9 Å². The fraction of sp³-hybridized carbons (Fsp3) is 0.333. The van der Waals surface area contributed by atoms with Crippen molar-refractivity contribution in [2.45, 2.75) is 25.7 Å². The molecule has 1 saturated heterocycles. The van der Waals surface area contributed by atoms with Gasteiger partial charge in [-0.2, -0.15) is 0 Å². The molecule has 0 aromatic heterocycles. The summed E-state index contributed by atoms with van der Waals surface area (Å²) >= 11 is 0. The second kappa shape index (κ2) is 4.04. The van der Waals surface area contributed by atoms with Crippen LogP contribution in [0.15, 0.2) is 18.2 Å². The van der Waals surface area contributed by atoms with Crippen molar-refractivity contribution < 1.29 is 18.7 Å². The lowest BCUT2D eigenvalue weighted by molar-refractivity contribution is -0.163. The number of hydrogen-bond acceptors (Lipinski definition) is 3. The van der Waals surface area contributed by atoms with E-state index in [1.54, 1.807) is 25.1 Å². The van der Waals surface area contributed by atoms with Crippen molar-refractivity contribution in [1.29, 1.82) is 0 Å². The van der Waals surface area contributed by atoms with E-state index in [9.17, 15) is 14.0 Å². The molecule has 2 rings (SSSR count). The van der Waals surface area contributed by atoms with E-state index < -0.39 is 17.9 Å². The first kappa shape index (κ1) is 10.8. The van der Waals surface area contributed by atoms with Crippen LogP contribution in [0, 0.1) is 12.7 Å². The van der Waals surface area contributed by atoms with Gasteiger partial charge in [-0.1, -0.05) is 18.2 Å². The number of ether oxygens (including phenoxy) is 1. The first-order valence-electron chi connectivity index (χ1n) is 5.06. The van der Waals surface area contributed by atoms with Crippen LogP contribution in [0.2, 0.25) is 0 Å². The van der Waals surface area contributed by atoms with Crippen LogP contribution in [0.3, 0.4) is 0 Å². The molecule has 0 bridgehead atoms. The fourth-order valence-corrected chi connectivity index (χ4v) is 1.89. The largest absolute Gasteiger partial charge is 0.393 e. The summed E-state index contributed by atoms with van der Waals surface area (Å²) in [4.78, 5) is 22.2. The summed E-state index contributed by atoms with van der Waals surface area (Å²) in [6, 6.07) is 4.98. The number of esters is 2. The first-order chi connectivity index (χ1) is 7.58. The molecule has 16 heavy (non-hydrogen) atoms. The molecule has 1 fully saturated rings. The van der Waals surface area contributed by atoms with Gasteiger partial charge < -0.3 is 4.74 Å². The summed E-state index contributed by atoms with van der Waals surface area (Å²) in [5.74, 6) is -1.90. The molecule has 1 heterocycles. The minimum Gasteiger partial charge on any atom is -0.393 e. The summed E-state index contributed by atoms with van der Waals surface area (Å²) in [6.45, 7) is 1.65. The maximum atomic E-state index is 13.8. The summed E-state index contributed by atoms with van der Waals surface area (Å²) < 4.78 is 18.2. The maximum Gasteiger partial charge on any atom is 0.314 e. The quantitative estimate of drug-likeness (QED) is 0.539. The van der Waals surface area contributed by atoms with Crippen LogP contribution in [0.4, 0.5) is 4.39 Å². The molecule has 0 radical (unpaired) electrons. The highest BCUT2D eigenvalue weighted by Crippen LogP contribution is 2.30. The third-order valence-corrected chi connectivity index (χ3v) is 2.72. The Morgan fingerprint density at radius 3 is 2.50 bits per heavy atom. The third-order valence-electron chi connectivity index (χ3n) is 2.72. The summed E-state index contributed by atoms with van der Waals surface area (Å²) in [5.41, 5.74) is 0.939. The summed E-state index contributed by atoms with van der Waals surface area (Å²) in [5, 5.41) is 0. The Hall–Kier alpha value is -1.71. The Bertz CT molecular complexity index is 438. The number of hydrogen-bond donors (Lipinski definition) is 0. The topological polar surface area (TPSA) is 43.4 Å². The number of carbonyl (C=O) groups is 2.